The number of nitrogen functional groups attached to an aromatic ring is 1. The van der Waals surface area contributed by atoms with Crippen LogP contribution < -0.4 is 11.1 Å². The summed E-state index contributed by atoms with van der Waals surface area (Å²) in [5.74, 6) is 0. The van der Waals surface area contributed by atoms with Gasteiger partial charge in [-0.05, 0) is 18.6 Å². The lowest BCUT2D eigenvalue weighted by atomic mass is 10.00. The number of carboxylic acid groups (broad SMARTS) is 1. The minimum Gasteiger partial charge on any atom is -0.465 e. The molecule has 0 saturated carbocycles. The summed E-state index contributed by atoms with van der Waals surface area (Å²) in [6.07, 6.45) is 0.00571. The van der Waals surface area contributed by atoms with Gasteiger partial charge in [-0.25, -0.2) is 9.78 Å². The Balaban J connectivity index is 2.40. The fourth-order valence-electron chi connectivity index (χ4n) is 2.10. The molecule has 0 aliphatic heterocycles. The lowest BCUT2D eigenvalue weighted by Gasteiger charge is -2.16. The molecule has 1 aromatic heterocycles. The molecule has 0 saturated heterocycles. The van der Waals surface area contributed by atoms with Crippen LogP contribution in [0.3, 0.4) is 0 Å². The number of hydrogen-bond acceptors (Lipinski definition) is 5. The lowest BCUT2D eigenvalue weighted by Crippen LogP contribution is -2.25. The number of carbonyl (C=O) groups is 1. The quantitative estimate of drug-likeness (QED) is 0.452. The molecule has 4 N–H and O–H groups in total. The molecule has 8 nitrogen and oxygen atoms in total. The monoisotopic (exact) mass is 302 g/mol. The van der Waals surface area contributed by atoms with Gasteiger partial charge in [0, 0.05) is 17.3 Å². The van der Waals surface area contributed by atoms with Gasteiger partial charge in [-0.15, -0.1) is 0 Å². The van der Waals surface area contributed by atoms with Crippen molar-refractivity contribution in [3.05, 3.63) is 52.2 Å². The average Bonchev–Trinajstić information content (AvgIpc) is 2.46. The van der Waals surface area contributed by atoms with Crippen molar-refractivity contribution in [2.45, 2.75) is 13.0 Å². The Bertz CT molecular complexity index is 715. The van der Waals surface area contributed by atoms with Gasteiger partial charge >= 0.3 is 6.09 Å². The molecule has 1 atom stereocenters. The summed E-state index contributed by atoms with van der Waals surface area (Å²) >= 11 is 0. The maximum absolute atomic E-state index is 10.7. The van der Waals surface area contributed by atoms with E-state index in [1.54, 1.807) is 25.1 Å². The summed E-state index contributed by atoms with van der Waals surface area (Å²) in [6, 6.07) is 7.52. The zero-order chi connectivity index (χ0) is 16.3. The molecule has 114 valence electrons. The first-order valence-corrected chi connectivity index (χ1v) is 6.39. The van der Waals surface area contributed by atoms with Crippen molar-refractivity contribution >= 4 is 17.5 Å². The maximum Gasteiger partial charge on any atom is 0.405 e. The molecule has 0 aliphatic rings. The third-order valence-corrected chi connectivity index (χ3v) is 3.18. The normalized spacial score (nSPS) is 11.7. The number of nitrogens with one attached hydrogen (secondary N) is 1. The standard InChI is InChI=1S/C14H14N4O4/c1-8(17-14(19)20)10-3-2-4-11(13(10)15)12-6-5-9(7-16-12)18(21)22/h2-8,17H,15H2,1H3,(H,19,20). The van der Waals surface area contributed by atoms with Crippen LogP contribution >= 0.6 is 0 Å². The van der Waals surface area contributed by atoms with E-state index in [0.717, 1.165) is 6.20 Å². The van der Waals surface area contributed by atoms with Crippen molar-refractivity contribution in [2.24, 2.45) is 0 Å². The van der Waals surface area contributed by atoms with Crippen molar-refractivity contribution in [3.8, 4) is 11.3 Å². The van der Waals surface area contributed by atoms with Gasteiger partial charge in [0.25, 0.3) is 5.69 Å². The number of benzene rings is 1. The van der Waals surface area contributed by atoms with E-state index in [2.05, 4.69) is 10.3 Å². The molecule has 1 unspecified atom stereocenters. The summed E-state index contributed by atoms with van der Waals surface area (Å²) < 4.78 is 0. The van der Waals surface area contributed by atoms with Crippen molar-refractivity contribution in [2.75, 3.05) is 5.73 Å². The molecule has 8 heteroatoms. The summed E-state index contributed by atoms with van der Waals surface area (Å²) in [6.45, 7) is 1.67. The first kappa shape index (κ1) is 15.2. The molecule has 0 aliphatic carbocycles. The second kappa shape index (κ2) is 6.08. The van der Waals surface area contributed by atoms with E-state index >= 15 is 0 Å². The number of nitrogens with zero attached hydrogens (tertiary/aromatic N) is 2. The van der Waals surface area contributed by atoms with E-state index in [4.69, 9.17) is 10.8 Å². The molecule has 0 radical (unpaired) electrons. The smallest absolute Gasteiger partial charge is 0.405 e. The van der Waals surface area contributed by atoms with E-state index in [1.165, 1.54) is 12.1 Å². The number of nitro groups is 1. The van der Waals surface area contributed by atoms with Crippen LogP contribution in [-0.2, 0) is 0 Å². The molecular weight excluding hydrogens is 288 g/mol. The Morgan fingerprint density at radius 2 is 2.14 bits per heavy atom. The number of aromatic nitrogens is 1. The van der Waals surface area contributed by atoms with Gasteiger partial charge in [0.1, 0.15) is 6.20 Å². The van der Waals surface area contributed by atoms with Crippen LogP contribution in [0.1, 0.15) is 18.5 Å². The summed E-state index contributed by atoms with van der Waals surface area (Å²) in [7, 11) is 0. The van der Waals surface area contributed by atoms with Crippen LogP contribution in [0, 0.1) is 10.1 Å². The van der Waals surface area contributed by atoms with Crippen molar-refractivity contribution in [3.63, 3.8) is 0 Å². The number of amides is 1. The predicted octanol–water partition coefficient (Wildman–Crippen LogP) is 2.57. The lowest BCUT2D eigenvalue weighted by molar-refractivity contribution is -0.385. The van der Waals surface area contributed by atoms with E-state index < -0.39 is 17.1 Å². The molecule has 1 heterocycles. The van der Waals surface area contributed by atoms with E-state index in [-0.39, 0.29) is 5.69 Å². The summed E-state index contributed by atoms with van der Waals surface area (Å²) in [4.78, 5) is 24.9. The van der Waals surface area contributed by atoms with Gasteiger partial charge in [0.15, 0.2) is 0 Å². The van der Waals surface area contributed by atoms with Gasteiger partial charge in [-0.2, -0.15) is 0 Å². The molecule has 1 amide bonds. The average molecular weight is 302 g/mol. The summed E-state index contributed by atoms with van der Waals surface area (Å²) in [5, 5.41) is 21.7. The van der Waals surface area contributed by atoms with Crippen LogP contribution in [0.4, 0.5) is 16.2 Å². The summed E-state index contributed by atoms with van der Waals surface area (Å²) in [5.41, 5.74) is 8.03. The molecule has 22 heavy (non-hydrogen) atoms. The number of para-hydroxylation sites is 1. The highest BCUT2D eigenvalue weighted by molar-refractivity contribution is 5.77. The topological polar surface area (TPSA) is 131 Å². The predicted molar refractivity (Wildman–Crippen MR) is 80.3 cm³/mol. The van der Waals surface area contributed by atoms with Crippen LogP contribution in [0.2, 0.25) is 0 Å². The largest absolute Gasteiger partial charge is 0.465 e. The second-order valence-corrected chi connectivity index (χ2v) is 4.64. The Labute approximate surface area is 125 Å². The first-order valence-electron chi connectivity index (χ1n) is 6.39. The third-order valence-electron chi connectivity index (χ3n) is 3.18. The van der Waals surface area contributed by atoms with Crippen LogP contribution in [0.5, 0.6) is 0 Å². The zero-order valence-electron chi connectivity index (χ0n) is 11.7. The van der Waals surface area contributed by atoms with E-state index in [0.29, 0.717) is 22.5 Å². The van der Waals surface area contributed by atoms with Gasteiger partial charge in [-0.1, -0.05) is 18.2 Å². The number of pyridine rings is 1. The molecular formula is C14H14N4O4. The third kappa shape index (κ3) is 3.11. The van der Waals surface area contributed by atoms with Gasteiger partial charge in [0.05, 0.1) is 16.7 Å². The van der Waals surface area contributed by atoms with E-state index in [1.807, 2.05) is 0 Å². The Hall–Kier alpha value is -3.16. The molecule has 0 spiro atoms. The fourth-order valence-corrected chi connectivity index (χ4v) is 2.10. The highest BCUT2D eigenvalue weighted by Crippen LogP contribution is 2.31. The number of hydrogen-bond donors (Lipinski definition) is 3. The minimum absolute atomic E-state index is 0.112. The van der Waals surface area contributed by atoms with E-state index in [9.17, 15) is 14.9 Å². The highest BCUT2D eigenvalue weighted by atomic mass is 16.6. The zero-order valence-corrected chi connectivity index (χ0v) is 11.7. The van der Waals surface area contributed by atoms with Crippen molar-refractivity contribution in [1.82, 2.24) is 10.3 Å². The fraction of sp³-hybridized carbons (Fsp3) is 0.143. The van der Waals surface area contributed by atoms with Crippen molar-refractivity contribution < 1.29 is 14.8 Å². The first-order chi connectivity index (χ1) is 10.4. The molecule has 0 bridgehead atoms. The Morgan fingerprint density at radius 1 is 1.41 bits per heavy atom. The van der Waals surface area contributed by atoms with Gasteiger partial charge < -0.3 is 16.2 Å². The van der Waals surface area contributed by atoms with Crippen molar-refractivity contribution in [1.29, 1.82) is 0 Å². The Morgan fingerprint density at radius 3 is 2.68 bits per heavy atom. The van der Waals surface area contributed by atoms with Crippen LogP contribution in [0.15, 0.2) is 36.5 Å². The minimum atomic E-state index is -1.15. The van der Waals surface area contributed by atoms with Crippen LogP contribution in [-0.4, -0.2) is 21.1 Å². The number of anilines is 1. The van der Waals surface area contributed by atoms with Gasteiger partial charge in [0.2, 0.25) is 0 Å². The number of rotatable bonds is 4. The second-order valence-electron chi connectivity index (χ2n) is 4.64. The maximum atomic E-state index is 10.7. The molecule has 1 aromatic carbocycles. The van der Waals surface area contributed by atoms with Gasteiger partial charge in [-0.3, -0.25) is 10.1 Å². The highest BCUT2D eigenvalue weighted by Gasteiger charge is 2.15. The number of nitrogens with two attached hydrogens (primary N) is 1. The molecule has 0 fully saturated rings. The Kier molecular flexibility index (Phi) is 4.21. The SMILES string of the molecule is CC(NC(=O)O)c1cccc(-c2ccc([N+](=O)[O-])cn2)c1N. The molecule has 2 aromatic rings. The molecule has 2 rings (SSSR count). The van der Waals surface area contributed by atoms with Crippen LogP contribution in [0.25, 0.3) is 11.3 Å².